The zero-order valence-corrected chi connectivity index (χ0v) is 18.7. The van der Waals surface area contributed by atoms with Crippen molar-refractivity contribution in [2.45, 2.75) is 19.8 Å². The van der Waals surface area contributed by atoms with Gasteiger partial charge in [0.25, 0.3) is 0 Å². The Bertz CT molecular complexity index is 1400. The van der Waals surface area contributed by atoms with Crippen LogP contribution < -0.4 is 20.2 Å². The van der Waals surface area contributed by atoms with Crippen molar-refractivity contribution in [3.8, 4) is 11.5 Å². The van der Waals surface area contributed by atoms with E-state index in [1.54, 1.807) is 25.3 Å². The van der Waals surface area contributed by atoms with Gasteiger partial charge >= 0.3 is 5.97 Å². The van der Waals surface area contributed by atoms with E-state index in [2.05, 4.69) is 5.32 Å². The van der Waals surface area contributed by atoms with Gasteiger partial charge in [0.1, 0.15) is 11.3 Å². The average Bonchev–Trinajstić information content (AvgIpc) is 3.21. The molecule has 0 saturated heterocycles. The maximum absolute atomic E-state index is 13.1. The molecule has 1 heterocycles. The number of anilines is 1. The number of methoxy groups -OCH3 is 1. The summed E-state index contributed by atoms with van der Waals surface area (Å²) >= 11 is 0. The summed E-state index contributed by atoms with van der Waals surface area (Å²) in [6, 6.07) is 10.3. The molecule has 3 aromatic rings. The van der Waals surface area contributed by atoms with Crippen LogP contribution >= 0.6 is 0 Å². The van der Waals surface area contributed by atoms with Crippen molar-refractivity contribution in [1.82, 2.24) is 0 Å². The lowest BCUT2D eigenvalue weighted by Gasteiger charge is -2.12. The second-order valence-corrected chi connectivity index (χ2v) is 7.59. The molecule has 8 heteroatoms. The van der Waals surface area contributed by atoms with Gasteiger partial charge in [-0.1, -0.05) is 12.1 Å². The molecule has 0 fully saturated rings. The molecular formula is C26H23NO7. The van der Waals surface area contributed by atoms with Crippen LogP contribution in [0.2, 0.25) is 0 Å². The predicted octanol–water partition coefficient (Wildman–Crippen LogP) is 4.27. The third-order valence-corrected chi connectivity index (χ3v) is 5.41. The van der Waals surface area contributed by atoms with E-state index in [0.29, 0.717) is 58.9 Å². The molecule has 4 rings (SSSR count). The number of carboxylic acids is 1. The van der Waals surface area contributed by atoms with Gasteiger partial charge in [0.2, 0.25) is 5.91 Å². The number of carboxylic acid groups (broad SMARTS) is 1. The summed E-state index contributed by atoms with van der Waals surface area (Å²) in [7, 11) is 1.58. The van der Waals surface area contributed by atoms with E-state index in [9.17, 15) is 14.4 Å². The number of benzene rings is 2. The number of amides is 1. The molecule has 2 N–H and O–H groups in total. The van der Waals surface area contributed by atoms with Crippen molar-refractivity contribution in [2.75, 3.05) is 19.0 Å². The Morgan fingerprint density at radius 1 is 1.18 bits per heavy atom. The normalized spacial score (nSPS) is 13.9. The highest BCUT2D eigenvalue weighted by Gasteiger charge is 2.25. The van der Waals surface area contributed by atoms with Crippen molar-refractivity contribution in [2.24, 2.45) is 0 Å². The zero-order valence-electron chi connectivity index (χ0n) is 18.7. The van der Waals surface area contributed by atoms with Crippen molar-refractivity contribution < 1.29 is 28.6 Å². The minimum Gasteiger partial charge on any atom is -0.492 e. The molecule has 1 aliphatic rings. The van der Waals surface area contributed by atoms with Gasteiger partial charge in [-0.15, -0.1) is 0 Å². The fourth-order valence-electron chi connectivity index (χ4n) is 3.96. The van der Waals surface area contributed by atoms with E-state index in [0.717, 1.165) is 23.3 Å². The van der Waals surface area contributed by atoms with Crippen molar-refractivity contribution in [3.63, 3.8) is 0 Å². The standard InChI is InChI=1S/C26H23NO7/c1-3-33-20-6-4-5-15(26(20)32-2)13-16-7-9-19-24(31)18-10-8-17(14-21(18)34-25(16)19)27-22(28)11-12-23(29)30/h4-6,8,10-14H,3,7,9H2,1-2H3,(H,27,28)(H,29,30)/b12-11-,16-13-. The van der Waals surface area contributed by atoms with Crippen LogP contribution in [0.15, 0.2) is 57.8 Å². The first-order valence-electron chi connectivity index (χ1n) is 10.7. The monoisotopic (exact) mass is 461 g/mol. The Morgan fingerprint density at radius 3 is 2.74 bits per heavy atom. The Morgan fingerprint density at radius 2 is 2.00 bits per heavy atom. The fourth-order valence-corrected chi connectivity index (χ4v) is 3.96. The minimum atomic E-state index is -1.22. The highest BCUT2D eigenvalue weighted by Crippen LogP contribution is 2.38. The van der Waals surface area contributed by atoms with Crippen LogP contribution in [0.4, 0.5) is 5.69 Å². The van der Waals surface area contributed by atoms with Gasteiger partial charge in [-0.25, -0.2) is 4.79 Å². The molecule has 8 nitrogen and oxygen atoms in total. The van der Waals surface area contributed by atoms with Gasteiger partial charge in [-0.3, -0.25) is 9.59 Å². The number of fused-ring (bicyclic) bond motifs is 2. The third kappa shape index (κ3) is 4.56. The Kier molecular flexibility index (Phi) is 6.49. The number of allylic oxidation sites excluding steroid dienone is 1. The number of hydrogen-bond donors (Lipinski definition) is 2. The van der Waals surface area contributed by atoms with Gasteiger partial charge in [-0.2, -0.15) is 0 Å². The van der Waals surface area contributed by atoms with E-state index in [1.165, 1.54) is 0 Å². The molecule has 0 spiro atoms. The molecule has 1 aromatic heterocycles. The van der Waals surface area contributed by atoms with Gasteiger partial charge in [0, 0.05) is 35.0 Å². The SMILES string of the molecule is CCOc1cccc(/C=C2/CCc3c2oc2cc(NC(=O)/C=C\C(=O)O)ccc2c3=O)c1OC. The Labute approximate surface area is 195 Å². The van der Waals surface area contributed by atoms with Crippen molar-refractivity contribution >= 4 is 40.2 Å². The number of carbonyl (C=O) groups is 2. The molecule has 174 valence electrons. The van der Waals surface area contributed by atoms with E-state index < -0.39 is 11.9 Å². The maximum Gasteiger partial charge on any atom is 0.328 e. The first-order valence-corrected chi connectivity index (χ1v) is 10.7. The summed E-state index contributed by atoms with van der Waals surface area (Å²) in [5, 5.41) is 11.6. The molecule has 0 bridgehead atoms. The molecule has 1 amide bonds. The van der Waals surface area contributed by atoms with E-state index in [-0.39, 0.29) is 5.43 Å². The van der Waals surface area contributed by atoms with Crippen LogP contribution in [-0.2, 0) is 16.0 Å². The maximum atomic E-state index is 13.1. The molecule has 0 saturated carbocycles. The largest absolute Gasteiger partial charge is 0.492 e. The van der Waals surface area contributed by atoms with Gasteiger partial charge in [-0.05, 0) is 49.6 Å². The first kappa shape index (κ1) is 22.8. The smallest absolute Gasteiger partial charge is 0.328 e. The highest BCUT2D eigenvalue weighted by atomic mass is 16.5. The molecule has 0 aliphatic heterocycles. The van der Waals surface area contributed by atoms with Crippen LogP contribution in [0.3, 0.4) is 0 Å². The first-order chi connectivity index (χ1) is 16.4. The highest BCUT2D eigenvalue weighted by molar-refractivity contribution is 6.03. The predicted molar refractivity (Wildman–Crippen MR) is 128 cm³/mol. The molecule has 0 radical (unpaired) electrons. The summed E-state index contributed by atoms with van der Waals surface area (Å²) in [6.45, 7) is 2.40. The number of nitrogens with one attached hydrogen (secondary N) is 1. The number of rotatable bonds is 7. The molecule has 1 aliphatic carbocycles. The van der Waals surface area contributed by atoms with Crippen molar-refractivity contribution in [3.05, 3.63) is 75.7 Å². The number of ether oxygens (including phenoxy) is 2. The van der Waals surface area contributed by atoms with Crippen LogP contribution in [0.25, 0.3) is 22.6 Å². The number of aliphatic carboxylic acids is 1. The van der Waals surface area contributed by atoms with Crippen LogP contribution in [-0.4, -0.2) is 30.7 Å². The summed E-state index contributed by atoms with van der Waals surface area (Å²) in [5.74, 6) is -0.0802. The van der Waals surface area contributed by atoms with E-state index in [4.69, 9.17) is 19.0 Å². The zero-order chi connectivity index (χ0) is 24.2. The summed E-state index contributed by atoms with van der Waals surface area (Å²) in [5.41, 5.74) is 2.88. The lowest BCUT2D eigenvalue weighted by atomic mass is 10.1. The topological polar surface area (TPSA) is 115 Å². The van der Waals surface area contributed by atoms with Gasteiger partial charge < -0.3 is 24.3 Å². The fraction of sp³-hybridized carbons (Fsp3) is 0.192. The van der Waals surface area contributed by atoms with Gasteiger partial charge in [0.05, 0.1) is 19.1 Å². The average molecular weight is 461 g/mol. The van der Waals surface area contributed by atoms with Gasteiger partial charge in [0.15, 0.2) is 16.9 Å². The lowest BCUT2D eigenvalue weighted by molar-refractivity contribution is -0.131. The number of para-hydroxylation sites is 1. The van der Waals surface area contributed by atoms with Crippen LogP contribution in [0.5, 0.6) is 11.5 Å². The molecule has 2 aromatic carbocycles. The summed E-state index contributed by atoms with van der Waals surface area (Å²) < 4.78 is 17.4. The molecule has 0 atom stereocenters. The summed E-state index contributed by atoms with van der Waals surface area (Å²) in [6.07, 6.45) is 4.79. The molecule has 34 heavy (non-hydrogen) atoms. The summed E-state index contributed by atoms with van der Waals surface area (Å²) in [4.78, 5) is 35.6. The number of hydrogen-bond acceptors (Lipinski definition) is 6. The quantitative estimate of drug-likeness (QED) is 0.505. The minimum absolute atomic E-state index is 0.113. The molecular weight excluding hydrogens is 438 g/mol. The second-order valence-electron chi connectivity index (χ2n) is 7.59. The van der Waals surface area contributed by atoms with E-state index in [1.807, 2.05) is 31.2 Å². The van der Waals surface area contributed by atoms with Crippen LogP contribution in [0, 0.1) is 0 Å². The lowest BCUT2D eigenvalue weighted by Crippen LogP contribution is -2.11. The second kappa shape index (κ2) is 9.66. The third-order valence-electron chi connectivity index (χ3n) is 5.41. The van der Waals surface area contributed by atoms with Crippen LogP contribution in [0.1, 0.15) is 30.2 Å². The van der Waals surface area contributed by atoms with Crippen molar-refractivity contribution in [1.29, 1.82) is 0 Å². The van der Waals surface area contributed by atoms with E-state index >= 15 is 0 Å². The number of carbonyl (C=O) groups excluding carboxylic acids is 1. The Hall–Kier alpha value is -4.33. The Balaban J connectivity index is 1.74. The molecule has 0 unspecified atom stereocenters.